The van der Waals surface area contributed by atoms with Crippen LogP contribution in [0.3, 0.4) is 0 Å². The molecule has 0 radical (unpaired) electrons. The van der Waals surface area contributed by atoms with Crippen molar-refractivity contribution in [3.05, 3.63) is 75.0 Å². The molecule has 10 nitrogen and oxygen atoms in total. The number of aldehydes is 1. The summed E-state index contributed by atoms with van der Waals surface area (Å²) in [6.07, 6.45) is 0.113. The van der Waals surface area contributed by atoms with E-state index >= 15 is 4.39 Å². The van der Waals surface area contributed by atoms with E-state index in [1.807, 2.05) is 6.07 Å². The van der Waals surface area contributed by atoms with E-state index in [4.69, 9.17) is 32.7 Å². The molecule has 1 N–H and O–H groups in total. The number of halogens is 3. The van der Waals surface area contributed by atoms with E-state index in [1.54, 1.807) is 20.8 Å². The first kappa shape index (κ1) is 34.7. The molecule has 1 atom stereocenters. The van der Waals surface area contributed by atoms with Crippen LogP contribution in [0.25, 0.3) is 0 Å². The first-order valence-electron chi connectivity index (χ1n) is 13.5. The fourth-order valence-corrected chi connectivity index (χ4v) is 5.59. The fourth-order valence-electron chi connectivity index (χ4n) is 4.41. The van der Waals surface area contributed by atoms with Crippen LogP contribution in [0.2, 0.25) is 35.9 Å². The molecule has 0 fully saturated rings. The van der Waals surface area contributed by atoms with Gasteiger partial charge in [-0.1, -0.05) is 69.7 Å². The van der Waals surface area contributed by atoms with Crippen molar-refractivity contribution in [2.45, 2.75) is 59.2 Å². The second-order valence-electron chi connectivity index (χ2n) is 12.3. The number of hydrogen-bond acceptors (Lipinski definition) is 7. The number of imidazole rings is 1. The Bertz CT molecular complexity index is 1610. The predicted octanol–water partition coefficient (Wildman–Crippen LogP) is 8.03. The molecule has 14 heteroatoms. The minimum absolute atomic E-state index is 0.0487. The Hall–Kier alpha value is -3.76. The lowest BCUT2D eigenvalue weighted by molar-refractivity contribution is 0.0465. The summed E-state index contributed by atoms with van der Waals surface area (Å²) in [7, 11) is -1.39. The molecule has 1 aromatic heterocycles. The van der Waals surface area contributed by atoms with Gasteiger partial charge in [0.15, 0.2) is 16.7 Å². The Morgan fingerprint density at radius 2 is 1.91 bits per heavy atom. The number of aromatic nitrogens is 2. The van der Waals surface area contributed by atoms with Crippen molar-refractivity contribution >= 4 is 49.6 Å². The number of carboxylic acid groups (broad SMARTS) is 1. The van der Waals surface area contributed by atoms with Crippen LogP contribution in [-0.2, 0) is 11.5 Å². The minimum Gasteiger partial charge on any atom is -0.465 e. The lowest BCUT2D eigenvalue weighted by atomic mass is 9.80. The Kier molecular flexibility index (Phi) is 11.0. The second-order valence-corrected chi connectivity index (χ2v) is 18.7. The van der Waals surface area contributed by atoms with Crippen LogP contribution in [0.4, 0.5) is 9.18 Å². The lowest BCUT2D eigenvalue weighted by Crippen LogP contribution is -2.45. The van der Waals surface area contributed by atoms with E-state index < -0.39 is 43.1 Å². The third kappa shape index (κ3) is 8.24. The number of hydrogen-bond donors (Lipinski definition) is 1. The molecule has 3 aromatic rings. The smallest absolute Gasteiger partial charge is 0.414 e. The average molecular weight is 664 g/mol. The number of ether oxygens (including phenoxy) is 2. The second kappa shape index (κ2) is 13.9. The highest BCUT2D eigenvalue weighted by molar-refractivity contribution is 6.76. The van der Waals surface area contributed by atoms with E-state index in [9.17, 15) is 24.8 Å². The molecule has 0 aliphatic rings. The zero-order chi connectivity index (χ0) is 33.0. The van der Waals surface area contributed by atoms with Gasteiger partial charge in [-0.25, -0.2) is 19.1 Å². The first-order chi connectivity index (χ1) is 20.5. The molecule has 44 heavy (non-hydrogen) atoms. The molecule has 0 spiro atoms. The molecule has 2 amide bonds. The molecule has 0 saturated heterocycles. The highest BCUT2D eigenvalue weighted by atomic mass is 35.5. The van der Waals surface area contributed by atoms with Crippen LogP contribution in [-0.4, -0.2) is 52.5 Å². The molecule has 234 valence electrons. The number of imide groups is 1. The molecular weight excluding hydrogens is 630 g/mol. The summed E-state index contributed by atoms with van der Waals surface area (Å²) < 4.78 is 29.1. The van der Waals surface area contributed by atoms with Gasteiger partial charge in [-0.2, -0.15) is 5.26 Å². The third-order valence-electron chi connectivity index (χ3n) is 6.51. The van der Waals surface area contributed by atoms with Crippen LogP contribution in [0, 0.1) is 22.6 Å². The quantitative estimate of drug-likeness (QED) is 0.124. The maximum atomic E-state index is 16.3. The van der Waals surface area contributed by atoms with Crippen LogP contribution < -0.4 is 4.74 Å². The van der Waals surface area contributed by atoms with Gasteiger partial charge in [-0.3, -0.25) is 9.59 Å². The average Bonchev–Trinajstić information content (AvgIpc) is 3.30. The number of benzene rings is 2. The minimum atomic E-state index is -1.66. The Labute approximate surface area is 265 Å². The first-order valence-corrected chi connectivity index (χ1v) is 18.0. The highest BCUT2D eigenvalue weighted by Gasteiger charge is 2.43. The van der Waals surface area contributed by atoms with E-state index in [0.29, 0.717) is 17.8 Å². The fraction of sp³-hybridized carbons (Fsp3) is 0.367. The van der Waals surface area contributed by atoms with Gasteiger partial charge in [0.05, 0.1) is 29.0 Å². The summed E-state index contributed by atoms with van der Waals surface area (Å²) in [4.78, 5) is 42.5. The summed E-state index contributed by atoms with van der Waals surface area (Å²) in [5, 5.41) is 19.2. The number of carbonyl (C=O) groups is 3. The van der Waals surface area contributed by atoms with Crippen molar-refractivity contribution < 1.29 is 33.4 Å². The van der Waals surface area contributed by atoms with Crippen molar-refractivity contribution in [1.29, 1.82) is 5.26 Å². The number of nitriles is 1. The monoisotopic (exact) mass is 662 g/mol. The zero-order valence-electron chi connectivity index (χ0n) is 25.2. The highest BCUT2D eigenvalue weighted by Crippen LogP contribution is 2.44. The van der Waals surface area contributed by atoms with Crippen molar-refractivity contribution in [3.63, 3.8) is 0 Å². The molecule has 2 aromatic carbocycles. The molecule has 3 rings (SSSR count). The summed E-state index contributed by atoms with van der Waals surface area (Å²) in [5.41, 5.74) is -1.31. The van der Waals surface area contributed by atoms with E-state index in [1.165, 1.54) is 41.2 Å². The van der Waals surface area contributed by atoms with E-state index in [2.05, 4.69) is 24.6 Å². The van der Waals surface area contributed by atoms with Gasteiger partial charge in [0.1, 0.15) is 24.5 Å². The number of rotatable bonds is 11. The summed E-state index contributed by atoms with van der Waals surface area (Å²) >= 11 is 12.6. The predicted molar refractivity (Wildman–Crippen MR) is 166 cm³/mol. The normalized spacial score (nSPS) is 12.4. The standard InChI is InChI=1S/C30H33Cl2FN4O6Si/c1-30(2,3)26(21-7-8-22(31)25(23(21)33)43-20-12-18(14-34)11-19(13-20)15-38)37(29(40)41)28(39)24-27(32)35-16-36(24)17-42-9-10-44(4,5)6/h7-8,11-13,15-16,26H,9-10,17H2,1-6H3,(H,40,41). The van der Waals surface area contributed by atoms with Gasteiger partial charge in [0.25, 0.3) is 5.91 Å². The summed E-state index contributed by atoms with van der Waals surface area (Å²) in [6.45, 7) is 11.8. The van der Waals surface area contributed by atoms with Gasteiger partial charge < -0.3 is 19.1 Å². The third-order valence-corrected chi connectivity index (χ3v) is 8.79. The Morgan fingerprint density at radius 1 is 1.23 bits per heavy atom. The van der Waals surface area contributed by atoms with Crippen LogP contribution in [0.5, 0.6) is 11.5 Å². The SMILES string of the molecule is CC(C)(C)C(c1ccc(Cl)c(Oc2cc(C#N)cc(C=O)c2)c1F)N(C(=O)O)C(=O)c1c(Cl)ncn1COCC[Si](C)(C)C. The summed E-state index contributed by atoms with van der Waals surface area (Å²) in [6, 6.07) is 7.83. The van der Waals surface area contributed by atoms with Crippen molar-refractivity contribution in [2.24, 2.45) is 5.41 Å². The topological polar surface area (TPSA) is 135 Å². The molecule has 0 aliphatic carbocycles. The maximum Gasteiger partial charge on any atom is 0.414 e. The molecule has 0 saturated carbocycles. The van der Waals surface area contributed by atoms with Gasteiger partial charge in [0.2, 0.25) is 0 Å². The van der Waals surface area contributed by atoms with E-state index in [-0.39, 0.29) is 45.0 Å². The molecular formula is C30H33Cl2FN4O6Si. The molecule has 0 bridgehead atoms. The largest absolute Gasteiger partial charge is 0.465 e. The van der Waals surface area contributed by atoms with Crippen molar-refractivity contribution in [2.75, 3.05) is 6.61 Å². The van der Waals surface area contributed by atoms with Gasteiger partial charge in [-0.15, -0.1) is 0 Å². The Morgan fingerprint density at radius 3 is 2.48 bits per heavy atom. The van der Waals surface area contributed by atoms with Gasteiger partial charge >= 0.3 is 6.09 Å². The van der Waals surface area contributed by atoms with Gasteiger partial charge in [0, 0.05) is 25.8 Å². The van der Waals surface area contributed by atoms with Crippen LogP contribution in [0.1, 0.15) is 58.8 Å². The van der Waals surface area contributed by atoms with Crippen molar-refractivity contribution in [3.8, 4) is 17.6 Å². The number of amides is 2. The number of nitrogens with zero attached hydrogens (tertiary/aromatic N) is 4. The maximum absolute atomic E-state index is 16.3. The Balaban J connectivity index is 2.08. The molecule has 1 unspecified atom stereocenters. The van der Waals surface area contributed by atoms with Crippen LogP contribution >= 0.6 is 23.2 Å². The zero-order valence-corrected chi connectivity index (χ0v) is 27.7. The molecule has 0 aliphatic heterocycles. The van der Waals surface area contributed by atoms with E-state index in [0.717, 1.165) is 6.04 Å². The molecule has 1 heterocycles. The lowest BCUT2D eigenvalue weighted by Gasteiger charge is -2.38. The van der Waals surface area contributed by atoms with Gasteiger partial charge in [-0.05, 0) is 35.7 Å². The summed E-state index contributed by atoms with van der Waals surface area (Å²) in [5.74, 6) is -2.61. The number of carbonyl (C=O) groups excluding carboxylic acids is 2. The van der Waals surface area contributed by atoms with Crippen LogP contribution in [0.15, 0.2) is 36.7 Å². The van der Waals surface area contributed by atoms with Crippen molar-refractivity contribution in [1.82, 2.24) is 14.5 Å².